The van der Waals surface area contributed by atoms with Gasteiger partial charge in [-0.15, -0.1) is 0 Å². The van der Waals surface area contributed by atoms with Crippen LogP contribution >= 0.6 is 0 Å². The van der Waals surface area contributed by atoms with Crippen LogP contribution in [0.15, 0.2) is 0 Å². The number of carbonyl (C=O) groups excluding carboxylic acids is 2. The Morgan fingerprint density at radius 3 is 2.05 bits per heavy atom. The molecule has 0 radical (unpaired) electrons. The van der Waals surface area contributed by atoms with E-state index in [0.717, 1.165) is 19.3 Å². The average molecular weight is 295 g/mol. The van der Waals surface area contributed by atoms with E-state index in [9.17, 15) is 9.59 Å². The van der Waals surface area contributed by atoms with Crippen molar-refractivity contribution in [3.63, 3.8) is 0 Å². The molecule has 0 saturated heterocycles. The van der Waals surface area contributed by atoms with Crippen LogP contribution in [0.3, 0.4) is 0 Å². The summed E-state index contributed by atoms with van der Waals surface area (Å²) in [5.74, 6) is -1.07. The van der Waals surface area contributed by atoms with Crippen molar-refractivity contribution in [3.8, 4) is 0 Å². The van der Waals surface area contributed by atoms with Crippen molar-refractivity contribution in [2.45, 2.75) is 78.2 Å². The van der Waals surface area contributed by atoms with Gasteiger partial charge in [-0.25, -0.2) is 4.79 Å². The fourth-order valence-corrected chi connectivity index (χ4v) is 1.73. The summed E-state index contributed by atoms with van der Waals surface area (Å²) in [5, 5.41) is 0. The number of unbranched alkanes of at least 4 members (excludes halogenated alkanes) is 6. The Hall–Kier alpha value is 0.1000. The zero-order valence-electron chi connectivity index (χ0n) is 14.6. The van der Waals surface area contributed by atoms with Crippen molar-refractivity contribution >= 4 is 11.9 Å². The molecule has 4 nitrogen and oxygen atoms in total. The molecule has 0 unspecified atom stereocenters. The third kappa shape index (κ3) is 11.9. The van der Waals surface area contributed by atoms with Crippen LogP contribution in [-0.4, -0.2) is 18.0 Å². The molecule has 0 aliphatic rings. The Morgan fingerprint density at radius 1 is 1.05 bits per heavy atom. The van der Waals surface area contributed by atoms with Gasteiger partial charge in [0.2, 0.25) is 0 Å². The minimum absolute atomic E-state index is 0. The van der Waals surface area contributed by atoms with Crippen LogP contribution in [0.5, 0.6) is 0 Å². The molecule has 0 rings (SSSR count). The normalized spacial score (nSPS) is 11.8. The molecule has 5 heteroatoms. The van der Waals surface area contributed by atoms with Crippen molar-refractivity contribution in [3.05, 3.63) is 0 Å². The molecule has 0 aliphatic carbocycles. The Morgan fingerprint density at radius 2 is 1.55 bits per heavy atom. The van der Waals surface area contributed by atoms with E-state index in [4.69, 9.17) is 10.5 Å². The van der Waals surface area contributed by atoms with Crippen LogP contribution in [0.25, 0.3) is 0 Å². The maximum Gasteiger partial charge on any atom is 1.00 e. The summed E-state index contributed by atoms with van der Waals surface area (Å²) in [6.07, 6.45) is 8.27. The van der Waals surface area contributed by atoms with Gasteiger partial charge in [-0.1, -0.05) is 59.3 Å². The number of nitrogens with two attached hydrogens (primary N) is 1. The maximum absolute atomic E-state index is 11.4. The quantitative estimate of drug-likeness (QED) is 0.272. The van der Waals surface area contributed by atoms with Gasteiger partial charge in [0, 0.05) is 6.42 Å². The molecule has 0 aromatic heterocycles. The predicted molar refractivity (Wildman–Crippen MR) is 77.6 cm³/mol. The summed E-state index contributed by atoms with van der Waals surface area (Å²) in [5.41, 5.74) is 5.60. The van der Waals surface area contributed by atoms with Crippen molar-refractivity contribution in [1.82, 2.24) is 0 Å². The molecule has 0 bridgehead atoms. The van der Waals surface area contributed by atoms with Crippen LogP contribution in [0.2, 0.25) is 0 Å². The van der Waals surface area contributed by atoms with Gasteiger partial charge >= 0.3 is 41.5 Å². The largest absolute Gasteiger partial charge is 1.00 e. The molecule has 0 aromatic rings. The van der Waals surface area contributed by atoms with Crippen LogP contribution < -0.4 is 35.3 Å². The first-order chi connectivity index (χ1) is 8.99. The molecule has 0 heterocycles. The predicted octanol–water partition coefficient (Wildman–Crippen LogP) is 0.297. The van der Waals surface area contributed by atoms with E-state index in [1.54, 1.807) is 0 Å². The molecule has 0 saturated carbocycles. The van der Waals surface area contributed by atoms with Gasteiger partial charge in [0.1, 0.15) is 6.04 Å². The van der Waals surface area contributed by atoms with Gasteiger partial charge in [0.05, 0.1) is 0 Å². The Kier molecular flexibility index (Phi) is 15.7. The number of ether oxygens (including phenoxy) is 1. The molecular weight excluding hydrogens is 265 g/mol. The minimum Gasteiger partial charge on any atom is -1.00 e. The Labute approximate surface area is 147 Å². The smallest absolute Gasteiger partial charge is 1.00 e. The van der Waals surface area contributed by atoms with E-state index in [1.165, 1.54) is 25.7 Å². The Bertz CT molecular complexity index is 276. The monoisotopic (exact) mass is 295 g/mol. The van der Waals surface area contributed by atoms with E-state index in [0.29, 0.717) is 6.42 Å². The first-order valence-corrected chi connectivity index (χ1v) is 7.49. The third-order valence-corrected chi connectivity index (χ3v) is 3.19. The van der Waals surface area contributed by atoms with Gasteiger partial charge in [0.15, 0.2) is 0 Å². The first-order valence-electron chi connectivity index (χ1n) is 7.49. The van der Waals surface area contributed by atoms with E-state index in [2.05, 4.69) is 6.92 Å². The fraction of sp³-hybridized carbons (Fsp3) is 0.867. The fourth-order valence-electron chi connectivity index (χ4n) is 1.73. The summed E-state index contributed by atoms with van der Waals surface area (Å²) < 4.78 is 4.72. The van der Waals surface area contributed by atoms with Crippen LogP contribution in [0.1, 0.15) is 73.6 Å². The Balaban J connectivity index is -0.00000162. The van der Waals surface area contributed by atoms with Gasteiger partial charge in [-0.3, -0.25) is 4.79 Å². The van der Waals surface area contributed by atoms with Gasteiger partial charge in [-0.2, -0.15) is 0 Å². The molecule has 0 amide bonds. The number of hydrogen-bond donors (Lipinski definition) is 1. The summed E-state index contributed by atoms with van der Waals surface area (Å²) in [7, 11) is 0. The van der Waals surface area contributed by atoms with Crippen LogP contribution in [0.4, 0.5) is 0 Å². The molecule has 0 aromatic carbocycles. The second-order valence-electron chi connectivity index (χ2n) is 5.43. The van der Waals surface area contributed by atoms with E-state index >= 15 is 0 Å². The van der Waals surface area contributed by atoms with Gasteiger partial charge < -0.3 is 11.9 Å². The zero-order chi connectivity index (χ0) is 14.7. The second-order valence-corrected chi connectivity index (χ2v) is 5.43. The summed E-state index contributed by atoms with van der Waals surface area (Å²) in [4.78, 5) is 22.9. The first kappa shape index (κ1) is 22.4. The second kappa shape index (κ2) is 14.1. The molecule has 1 atom stereocenters. The zero-order valence-corrected chi connectivity index (χ0v) is 15.6. The van der Waals surface area contributed by atoms with Gasteiger partial charge in [0.25, 0.3) is 0 Å². The van der Waals surface area contributed by atoms with Crippen molar-refractivity contribution < 1.29 is 45.3 Å². The molecule has 20 heavy (non-hydrogen) atoms. The summed E-state index contributed by atoms with van der Waals surface area (Å²) in [6.45, 7) is 5.84. The number of carbonyl (C=O) groups is 2. The number of rotatable bonds is 10. The molecule has 2 N–H and O–H groups in total. The molecule has 0 aliphatic heterocycles. The number of hydrogen-bond acceptors (Lipinski definition) is 4. The maximum atomic E-state index is 11.4. The summed E-state index contributed by atoms with van der Waals surface area (Å²) in [6, 6.07) is -0.710. The molecule has 0 spiro atoms. The SMILES string of the molecule is CCCCCCCCCC(=O)OC(=O)[C@@H](N)C(C)C.[H-].[Na+]. The van der Waals surface area contributed by atoms with Crippen LogP contribution in [0, 0.1) is 5.92 Å². The minimum atomic E-state index is -0.710. The van der Waals surface area contributed by atoms with E-state index in [1.807, 2.05) is 13.8 Å². The average Bonchev–Trinajstić information content (AvgIpc) is 2.36. The standard InChI is InChI=1S/C15H29NO3.Na.H/c1-4-5-6-7-8-9-10-11-13(17)19-15(18)14(16)12(2)3;;/h12,14H,4-11,16H2,1-3H3;;/q;+1;-1/t14-;;/m0../s1. The topological polar surface area (TPSA) is 69.4 Å². The van der Waals surface area contributed by atoms with Crippen molar-refractivity contribution in [1.29, 1.82) is 0 Å². The third-order valence-electron chi connectivity index (χ3n) is 3.19. The molecule has 114 valence electrons. The van der Waals surface area contributed by atoms with E-state index < -0.39 is 18.0 Å². The summed E-state index contributed by atoms with van der Waals surface area (Å²) >= 11 is 0. The van der Waals surface area contributed by atoms with Crippen LogP contribution in [-0.2, 0) is 14.3 Å². The number of esters is 2. The van der Waals surface area contributed by atoms with Crippen molar-refractivity contribution in [2.75, 3.05) is 0 Å². The van der Waals surface area contributed by atoms with E-state index in [-0.39, 0.29) is 36.9 Å². The van der Waals surface area contributed by atoms with Crippen molar-refractivity contribution in [2.24, 2.45) is 11.7 Å². The molecular formula is C15H30NNaO3. The van der Waals surface area contributed by atoms with Gasteiger partial charge in [-0.05, 0) is 12.3 Å². The molecule has 0 fully saturated rings.